The second-order valence-electron chi connectivity index (χ2n) is 5.29. The number of hydrogen-bond acceptors (Lipinski definition) is 3. The highest BCUT2D eigenvalue weighted by Crippen LogP contribution is 2.30. The van der Waals surface area contributed by atoms with Gasteiger partial charge in [0, 0.05) is 24.0 Å². The van der Waals surface area contributed by atoms with Crippen LogP contribution in [-0.4, -0.2) is 28.0 Å². The van der Waals surface area contributed by atoms with Gasteiger partial charge in [-0.2, -0.15) is 0 Å². The summed E-state index contributed by atoms with van der Waals surface area (Å²) in [5, 5.41) is 1.18. The predicted molar refractivity (Wildman–Crippen MR) is 77.6 cm³/mol. The number of aromatic amines is 1. The van der Waals surface area contributed by atoms with Crippen molar-refractivity contribution in [3.05, 3.63) is 30.1 Å². The second-order valence-corrected chi connectivity index (χ2v) is 5.29. The second kappa shape index (κ2) is 3.95. The highest BCUT2D eigenvalue weighted by atomic mass is 15.2. The zero-order valence-corrected chi connectivity index (χ0v) is 11.0. The molecule has 3 heterocycles. The van der Waals surface area contributed by atoms with Gasteiger partial charge in [-0.15, -0.1) is 0 Å². The van der Waals surface area contributed by atoms with Crippen molar-refractivity contribution < 1.29 is 0 Å². The Labute approximate surface area is 111 Å². The van der Waals surface area contributed by atoms with Crippen molar-refractivity contribution in [1.29, 1.82) is 0 Å². The topological polar surface area (TPSA) is 44.8 Å². The molecule has 0 saturated carbocycles. The Bertz CT molecular complexity index is 753. The summed E-state index contributed by atoms with van der Waals surface area (Å²) in [5.74, 6) is 1.05. The molecule has 0 unspecified atom stereocenters. The molecule has 0 radical (unpaired) electrons. The Balaban J connectivity index is 2.02. The van der Waals surface area contributed by atoms with E-state index in [4.69, 9.17) is 0 Å². The highest BCUT2D eigenvalue weighted by Gasteiger charge is 2.18. The first-order valence-electron chi connectivity index (χ1n) is 6.81. The summed E-state index contributed by atoms with van der Waals surface area (Å²) in [6.07, 6.45) is 4.19. The molecular formula is C15H16N4. The third-order valence-electron chi connectivity index (χ3n) is 3.92. The highest BCUT2D eigenvalue weighted by molar-refractivity contribution is 6.08. The van der Waals surface area contributed by atoms with E-state index < -0.39 is 0 Å². The molecule has 4 heteroatoms. The lowest BCUT2D eigenvalue weighted by Gasteiger charge is -2.16. The summed E-state index contributed by atoms with van der Waals surface area (Å²) in [5.41, 5.74) is 4.52. The first-order valence-corrected chi connectivity index (χ1v) is 6.81. The van der Waals surface area contributed by atoms with Crippen molar-refractivity contribution in [2.75, 3.05) is 18.0 Å². The molecule has 0 spiro atoms. The molecule has 0 aliphatic carbocycles. The van der Waals surface area contributed by atoms with Crippen molar-refractivity contribution in [3.8, 4) is 0 Å². The van der Waals surface area contributed by atoms with Crippen molar-refractivity contribution in [2.45, 2.75) is 19.8 Å². The van der Waals surface area contributed by atoms with E-state index in [-0.39, 0.29) is 0 Å². The van der Waals surface area contributed by atoms with Crippen LogP contribution < -0.4 is 4.90 Å². The van der Waals surface area contributed by atoms with Crippen LogP contribution in [0.5, 0.6) is 0 Å². The minimum atomic E-state index is 1.03. The van der Waals surface area contributed by atoms with Gasteiger partial charge in [-0.25, -0.2) is 9.97 Å². The van der Waals surface area contributed by atoms with Crippen molar-refractivity contribution >= 4 is 27.8 Å². The Morgan fingerprint density at radius 2 is 2.00 bits per heavy atom. The summed E-state index contributed by atoms with van der Waals surface area (Å²) >= 11 is 0. The number of fused-ring (bicyclic) bond motifs is 3. The van der Waals surface area contributed by atoms with Gasteiger partial charge in [-0.1, -0.05) is 12.1 Å². The molecular weight excluding hydrogens is 236 g/mol. The lowest BCUT2D eigenvalue weighted by Crippen LogP contribution is -2.19. The fourth-order valence-electron chi connectivity index (χ4n) is 2.97. The van der Waals surface area contributed by atoms with Crippen LogP contribution in [-0.2, 0) is 0 Å². The number of rotatable bonds is 1. The van der Waals surface area contributed by atoms with E-state index in [9.17, 15) is 0 Å². The van der Waals surface area contributed by atoms with E-state index in [2.05, 4.69) is 45.0 Å². The molecule has 19 heavy (non-hydrogen) atoms. The fraction of sp³-hybridized carbons (Fsp3) is 0.333. The van der Waals surface area contributed by atoms with Gasteiger partial charge in [0.15, 0.2) is 5.82 Å². The lowest BCUT2D eigenvalue weighted by molar-refractivity contribution is 0.937. The molecule has 1 aliphatic rings. The number of benzene rings is 1. The minimum Gasteiger partial charge on any atom is -0.355 e. The third-order valence-corrected chi connectivity index (χ3v) is 3.92. The number of aryl methyl sites for hydroxylation is 1. The van der Waals surface area contributed by atoms with E-state index in [1.165, 1.54) is 23.8 Å². The third kappa shape index (κ3) is 1.59. The summed E-state index contributed by atoms with van der Waals surface area (Å²) in [7, 11) is 0. The molecule has 4 nitrogen and oxygen atoms in total. The van der Waals surface area contributed by atoms with Crippen LogP contribution in [0.3, 0.4) is 0 Å². The number of nitrogens with one attached hydrogen (secondary N) is 1. The number of H-pyrrole nitrogens is 1. The maximum absolute atomic E-state index is 4.49. The molecule has 1 fully saturated rings. The maximum Gasteiger partial charge on any atom is 0.156 e. The smallest absolute Gasteiger partial charge is 0.156 e. The van der Waals surface area contributed by atoms with Gasteiger partial charge in [0.25, 0.3) is 0 Å². The van der Waals surface area contributed by atoms with E-state index in [0.29, 0.717) is 0 Å². The normalized spacial score (nSPS) is 15.7. The molecule has 0 bridgehead atoms. The van der Waals surface area contributed by atoms with E-state index in [1.807, 2.05) is 0 Å². The quantitative estimate of drug-likeness (QED) is 0.724. The minimum absolute atomic E-state index is 1.03. The van der Waals surface area contributed by atoms with Gasteiger partial charge in [-0.3, -0.25) is 0 Å². The molecule has 1 N–H and O–H groups in total. The van der Waals surface area contributed by atoms with Crippen molar-refractivity contribution in [2.24, 2.45) is 0 Å². The van der Waals surface area contributed by atoms with Gasteiger partial charge >= 0.3 is 0 Å². The predicted octanol–water partition coefficient (Wildman–Crippen LogP) is 3.02. The number of nitrogens with zero attached hydrogens (tertiary/aromatic N) is 3. The molecule has 1 saturated heterocycles. The first kappa shape index (κ1) is 10.8. The van der Waals surface area contributed by atoms with E-state index in [0.717, 1.165) is 35.5 Å². The van der Waals surface area contributed by atoms with Crippen LogP contribution in [0.4, 0.5) is 5.82 Å². The fourth-order valence-corrected chi connectivity index (χ4v) is 2.97. The zero-order valence-electron chi connectivity index (χ0n) is 11.0. The summed E-state index contributed by atoms with van der Waals surface area (Å²) in [6.45, 7) is 4.30. The molecule has 0 atom stereocenters. The van der Waals surface area contributed by atoms with Crippen LogP contribution in [0.2, 0.25) is 0 Å². The summed E-state index contributed by atoms with van der Waals surface area (Å²) < 4.78 is 0. The van der Waals surface area contributed by atoms with Crippen LogP contribution in [0.1, 0.15) is 18.4 Å². The molecule has 3 aromatic rings. The molecule has 96 valence electrons. The molecule has 4 rings (SSSR count). The van der Waals surface area contributed by atoms with Crippen LogP contribution in [0.15, 0.2) is 24.5 Å². The van der Waals surface area contributed by atoms with Gasteiger partial charge in [0.2, 0.25) is 0 Å². The maximum atomic E-state index is 4.49. The van der Waals surface area contributed by atoms with E-state index in [1.54, 1.807) is 6.33 Å². The molecule has 0 amide bonds. The number of hydrogen-bond donors (Lipinski definition) is 1. The largest absolute Gasteiger partial charge is 0.355 e. The average molecular weight is 252 g/mol. The zero-order chi connectivity index (χ0) is 12.8. The number of anilines is 1. The average Bonchev–Trinajstić information content (AvgIpc) is 3.04. The number of aromatic nitrogens is 3. The van der Waals surface area contributed by atoms with Gasteiger partial charge < -0.3 is 9.88 Å². The molecule has 1 aliphatic heterocycles. The van der Waals surface area contributed by atoms with Crippen LogP contribution in [0, 0.1) is 6.92 Å². The van der Waals surface area contributed by atoms with E-state index >= 15 is 0 Å². The van der Waals surface area contributed by atoms with Gasteiger partial charge in [-0.05, 0) is 31.4 Å². The lowest BCUT2D eigenvalue weighted by atomic mass is 10.2. The SMILES string of the molecule is Cc1ccc2c(c1)[nH]c1c(N3CCCC3)ncnc12. The first-order chi connectivity index (χ1) is 9.33. The Kier molecular flexibility index (Phi) is 2.24. The molecule has 2 aromatic heterocycles. The van der Waals surface area contributed by atoms with Crippen molar-refractivity contribution in [1.82, 2.24) is 15.0 Å². The standard InChI is InChI=1S/C15H16N4/c1-10-4-5-11-12(8-10)18-14-13(11)16-9-17-15(14)19-6-2-3-7-19/h4-5,8-9,18H,2-3,6-7H2,1H3. The Hall–Kier alpha value is -2.10. The van der Waals surface area contributed by atoms with Gasteiger partial charge in [0.05, 0.1) is 0 Å². The monoisotopic (exact) mass is 252 g/mol. The van der Waals surface area contributed by atoms with Gasteiger partial charge in [0.1, 0.15) is 17.4 Å². The van der Waals surface area contributed by atoms with Crippen LogP contribution >= 0.6 is 0 Å². The summed E-state index contributed by atoms with van der Waals surface area (Å²) in [4.78, 5) is 14.8. The van der Waals surface area contributed by atoms with Crippen molar-refractivity contribution in [3.63, 3.8) is 0 Å². The Morgan fingerprint density at radius 3 is 2.84 bits per heavy atom. The van der Waals surface area contributed by atoms with Crippen LogP contribution in [0.25, 0.3) is 21.9 Å². The molecule has 1 aromatic carbocycles. The Morgan fingerprint density at radius 1 is 1.16 bits per heavy atom. The summed E-state index contributed by atoms with van der Waals surface area (Å²) in [6, 6.07) is 6.45.